The average molecular weight is 272 g/mol. The second-order valence-corrected chi connectivity index (χ2v) is 4.10. The number of hydrogen-bond donors (Lipinski definition) is 1. The van der Waals surface area contributed by atoms with E-state index in [1.807, 2.05) is 0 Å². The van der Waals surface area contributed by atoms with Crippen LogP contribution in [0.25, 0.3) is 0 Å². The Morgan fingerprint density at radius 3 is 2.20 bits per heavy atom. The number of benzene rings is 2. The van der Waals surface area contributed by atoms with E-state index in [9.17, 15) is 14.9 Å². The number of carbonyl (C=O) groups excluding carboxylic acids is 1. The van der Waals surface area contributed by atoms with Gasteiger partial charge in [-0.1, -0.05) is 12.1 Å². The fraction of sp³-hybridized carbons (Fsp3) is 0.0714. The van der Waals surface area contributed by atoms with E-state index in [2.05, 4.69) is 0 Å². The summed E-state index contributed by atoms with van der Waals surface area (Å²) in [4.78, 5) is 21.0. The van der Waals surface area contributed by atoms with Gasteiger partial charge in [0.2, 0.25) is 5.91 Å². The summed E-state index contributed by atoms with van der Waals surface area (Å²) in [5, 5.41) is 10.5. The Bertz CT molecular complexity index is 563. The summed E-state index contributed by atoms with van der Waals surface area (Å²) in [6, 6.07) is 12.6. The number of nitro groups is 1. The van der Waals surface area contributed by atoms with E-state index in [1.165, 1.54) is 24.3 Å². The predicted molar refractivity (Wildman–Crippen MR) is 72.4 cm³/mol. The molecule has 0 saturated carbocycles. The molecule has 0 aliphatic carbocycles. The molecule has 20 heavy (non-hydrogen) atoms. The summed E-state index contributed by atoms with van der Waals surface area (Å²) < 4.78 is 5.49. The molecule has 0 spiro atoms. The summed E-state index contributed by atoms with van der Waals surface area (Å²) in [6.45, 7) is 0.302. The molecular weight excluding hydrogens is 260 g/mol. The number of nitrogens with zero attached hydrogens (tertiary/aromatic N) is 1. The molecule has 0 saturated heterocycles. The number of nitro benzene ring substituents is 1. The summed E-state index contributed by atoms with van der Waals surface area (Å²) in [6.07, 6.45) is 0. The number of ether oxygens (including phenoxy) is 1. The van der Waals surface area contributed by atoms with Gasteiger partial charge in [0.05, 0.1) is 4.92 Å². The predicted octanol–water partition coefficient (Wildman–Crippen LogP) is 2.27. The van der Waals surface area contributed by atoms with Crippen LogP contribution in [0.2, 0.25) is 0 Å². The first-order valence-corrected chi connectivity index (χ1v) is 5.82. The molecular formula is C14H12N2O4. The molecule has 0 unspecified atom stereocenters. The molecule has 2 N–H and O–H groups in total. The van der Waals surface area contributed by atoms with Crippen LogP contribution < -0.4 is 10.5 Å². The summed E-state index contributed by atoms with van der Waals surface area (Å²) >= 11 is 0. The Kier molecular flexibility index (Phi) is 3.95. The minimum atomic E-state index is -0.479. The minimum absolute atomic E-state index is 0.0168. The Morgan fingerprint density at radius 2 is 1.70 bits per heavy atom. The molecule has 0 fully saturated rings. The highest BCUT2D eigenvalue weighted by Crippen LogP contribution is 2.18. The molecule has 0 aliphatic heterocycles. The van der Waals surface area contributed by atoms with Crippen molar-refractivity contribution in [3.63, 3.8) is 0 Å². The van der Waals surface area contributed by atoms with Gasteiger partial charge in [-0.2, -0.15) is 0 Å². The molecule has 0 atom stereocenters. The third-order valence-corrected chi connectivity index (χ3v) is 2.69. The van der Waals surface area contributed by atoms with Crippen LogP contribution in [-0.2, 0) is 6.61 Å². The van der Waals surface area contributed by atoms with Crippen molar-refractivity contribution < 1.29 is 14.5 Å². The highest BCUT2D eigenvalue weighted by atomic mass is 16.6. The molecule has 1 amide bonds. The summed E-state index contributed by atoms with van der Waals surface area (Å²) in [5.41, 5.74) is 6.46. The van der Waals surface area contributed by atoms with Crippen molar-refractivity contribution in [1.82, 2.24) is 0 Å². The van der Waals surface area contributed by atoms with Gasteiger partial charge in [-0.3, -0.25) is 14.9 Å². The van der Waals surface area contributed by atoms with E-state index >= 15 is 0 Å². The first kappa shape index (κ1) is 13.5. The van der Waals surface area contributed by atoms with Gasteiger partial charge in [0, 0.05) is 17.7 Å². The maximum absolute atomic E-state index is 10.9. The molecule has 6 nitrogen and oxygen atoms in total. The SMILES string of the molecule is NC(=O)c1ccc(COc2ccc([N+](=O)[O-])cc2)cc1. The topological polar surface area (TPSA) is 95.5 Å². The van der Waals surface area contributed by atoms with Crippen molar-refractivity contribution in [3.05, 3.63) is 69.8 Å². The second kappa shape index (κ2) is 5.83. The number of hydrogen-bond acceptors (Lipinski definition) is 4. The van der Waals surface area contributed by atoms with E-state index in [0.717, 1.165) is 5.56 Å². The van der Waals surface area contributed by atoms with Crippen molar-refractivity contribution in [3.8, 4) is 5.75 Å². The van der Waals surface area contributed by atoms with E-state index in [4.69, 9.17) is 10.5 Å². The van der Waals surface area contributed by atoms with Gasteiger partial charge in [-0.15, -0.1) is 0 Å². The van der Waals surface area contributed by atoms with Gasteiger partial charge < -0.3 is 10.5 Å². The maximum atomic E-state index is 10.9. The Hall–Kier alpha value is -2.89. The van der Waals surface area contributed by atoms with E-state index < -0.39 is 10.8 Å². The molecule has 2 aromatic rings. The van der Waals surface area contributed by atoms with E-state index in [0.29, 0.717) is 17.9 Å². The number of nitrogens with two attached hydrogens (primary N) is 1. The highest BCUT2D eigenvalue weighted by molar-refractivity contribution is 5.92. The molecule has 0 radical (unpaired) electrons. The molecule has 102 valence electrons. The molecule has 0 heterocycles. The average Bonchev–Trinajstić information content (AvgIpc) is 2.46. The fourth-order valence-corrected chi connectivity index (χ4v) is 1.60. The second-order valence-electron chi connectivity index (χ2n) is 4.10. The van der Waals surface area contributed by atoms with Crippen molar-refractivity contribution in [2.45, 2.75) is 6.61 Å². The molecule has 2 rings (SSSR count). The summed E-state index contributed by atoms with van der Waals surface area (Å²) in [5.74, 6) is 0.0578. The van der Waals surface area contributed by atoms with Crippen molar-refractivity contribution in [2.24, 2.45) is 5.73 Å². The zero-order valence-corrected chi connectivity index (χ0v) is 10.5. The van der Waals surface area contributed by atoms with Crippen LogP contribution in [0, 0.1) is 10.1 Å². The third kappa shape index (κ3) is 3.32. The monoisotopic (exact) mass is 272 g/mol. The van der Waals surface area contributed by atoms with Gasteiger partial charge >= 0.3 is 0 Å². The number of carbonyl (C=O) groups is 1. The van der Waals surface area contributed by atoms with E-state index in [1.54, 1.807) is 24.3 Å². The smallest absolute Gasteiger partial charge is 0.269 e. The van der Waals surface area contributed by atoms with Gasteiger partial charge in [0.1, 0.15) is 12.4 Å². The van der Waals surface area contributed by atoms with Crippen molar-refractivity contribution in [2.75, 3.05) is 0 Å². The standard InChI is InChI=1S/C14H12N2O4/c15-14(17)11-3-1-10(2-4-11)9-20-13-7-5-12(6-8-13)16(18)19/h1-8H,9H2,(H2,15,17). The first-order chi connectivity index (χ1) is 9.56. The zero-order valence-electron chi connectivity index (χ0n) is 10.5. The lowest BCUT2D eigenvalue weighted by Gasteiger charge is -2.06. The van der Waals surface area contributed by atoms with Gasteiger partial charge in [0.15, 0.2) is 0 Å². The number of primary amides is 1. The van der Waals surface area contributed by atoms with Gasteiger partial charge in [0.25, 0.3) is 5.69 Å². The quantitative estimate of drug-likeness (QED) is 0.667. The largest absolute Gasteiger partial charge is 0.489 e. The van der Waals surface area contributed by atoms with Crippen molar-refractivity contribution in [1.29, 1.82) is 0 Å². The van der Waals surface area contributed by atoms with Crippen LogP contribution in [0.1, 0.15) is 15.9 Å². The Balaban J connectivity index is 1.97. The van der Waals surface area contributed by atoms with Crippen LogP contribution in [0.5, 0.6) is 5.75 Å². The fourth-order valence-electron chi connectivity index (χ4n) is 1.60. The van der Waals surface area contributed by atoms with Gasteiger partial charge in [-0.05, 0) is 29.8 Å². The van der Waals surface area contributed by atoms with Crippen LogP contribution >= 0.6 is 0 Å². The van der Waals surface area contributed by atoms with Crippen LogP contribution in [0.15, 0.2) is 48.5 Å². The normalized spacial score (nSPS) is 10.0. The molecule has 6 heteroatoms. The first-order valence-electron chi connectivity index (χ1n) is 5.82. The number of non-ortho nitro benzene ring substituents is 1. The lowest BCUT2D eigenvalue weighted by atomic mass is 10.1. The molecule has 0 bridgehead atoms. The molecule has 0 aliphatic rings. The van der Waals surface area contributed by atoms with Crippen LogP contribution in [0.4, 0.5) is 5.69 Å². The lowest BCUT2D eigenvalue weighted by molar-refractivity contribution is -0.384. The van der Waals surface area contributed by atoms with Crippen LogP contribution in [0.3, 0.4) is 0 Å². The third-order valence-electron chi connectivity index (χ3n) is 2.69. The summed E-state index contributed by atoms with van der Waals surface area (Å²) in [7, 11) is 0. The highest BCUT2D eigenvalue weighted by Gasteiger charge is 2.05. The van der Waals surface area contributed by atoms with Crippen LogP contribution in [-0.4, -0.2) is 10.8 Å². The van der Waals surface area contributed by atoms with Gasteiger partial charge in [-0.25, -0.2) is 0 Å². The van der Waals surface area contributed by atoms with E-state index in [-0.39, 0.29) is 5.69 Å². The number of rotatable bonds is 5. The zero-order chi connectivity index (χ0) is 14.5. The minimum Gasteiger partial charge on any atom is -0.489 e. The molecule has 2 aromatic carbocycles. The number of amides is 1. The van der Waals surface area contributed by atoms with Crippen molar-refractivity contribution >= 4 is 11.6 Å². The molecule has 0 aromatic heterocycles. The Labute approximate surface area is 114 Å². The lowest BCUT2D eigenvalue weighted by Crippen LogP contribution is -2.10. The Morgan fingerprint density at radius 1 is 1.10 bits per heavy atom. The maximum Gasteiger partial charge on any atom is 0.269 e.